The van der Waals surface area contributed by atoms with Gasteiger partial charge < -0.3 is 10.6 Å². The van der Waals surface area contributed by atoms with Crippen LogP contribution in [0.1, 0.15) is 48.2 Å². The van der Waals surface area contributed by atoms with Crippen LogP contribution in [-0.2, 0) is 6.54 Å². The molecule has 0 saturated heterocycles. The number of hydrogen-bond acceptors (Lipinski definition) is 3. The average Bonchev–Trinajstić information content (AvgIpc) is 2.40. The van der Waals surface area contributed by atoms with Crippen LogP contribution >= 0.6 is 0 Å². The molecule has 0 spiro atoms. The summed E-state index contributed by atoms with van der Waals surface area (Å²) in [6.45, 7) is 0.685. The lowest BCUT2D eigenvalue weighted by Crippen LogP contribution is -2.36. The lowest BCUT2D eigenvalue weighted by atomic mass is 9.95. The molecule has 0 unspecified atom stereocenters. The van der Waals surface area contributed by atoms with Crippen molar-refractivity contribution < 1.29 is 4.79 Å². The second-order valence-electron chi connectivity index (χ2n) is 4.87. The minimum Gasteiger partial charge on any atom is -0.349 e. The summed E-state index contributed by atoms with van der Waals surface area (Å²) < 4.78 is 0. The Morgan fingerprint density at radius 2 is 2.17 bits per heavy atom. The van der Waals surface area contributed by atoms with Crippen molar-refractivity contribution in [1.29, 1.82) is 0 Å². The molecule has 2 N–H and O–H groups in total. The summed E-state index contributed by atoms with van der Waals surface area (Å²) in [5.74, 6) is 0.0293. The molecule has 1 fully saturated rings. The molecule has 0 aliphatic heterocycles. The zero-order chi connectivity index (χ0) is 12.8. The largest absolute Gasteiger partial charge is 0.349 e. The summed E-state index contributed by atoms with van der Waals surface area (Å²) in [4.78, 5) is 16.3. The quantitative estimate of drug-likeness (QED) is 0.854. The van der Waals surface area contributed by atoms with Gasteiger partial charge in [-0.2, -0.15) is 0 Å². The van der Waals surface area contributed by atoms with Crippen LogP contribution in [0.2, 0.25) is 0 Å². The predicted octanol–water partition coefficient (Wildman–Crippen LogP) is 1.86. The summed E-state index contributed by atoms with van der Waals surface area (Å²) in [7, 11) is 1.87. The molecule has 1 aromatic heterocycles. The predicted molar refractivity (Wildman–Crippen MR) is 71.3 cm³/mol. The van der Waals surface area contributed by atoms with Gasteiger partial charge in [0.1, 0.15) is 0 Å². The average molecular weight is 247 g/mol. The van der Waals surface area contributed by atoms with E-state index >= 15 is 0 Å². The molecular formula is C14H21N3O. The van der Waals surface area contributed by atoms with Crippen molar-refractivity contribution in [1.82, 2.24) is 15.6 Å². The maximum Gasteiger partial charge on any atom is 0.251 e. The van der Waals surface area contributed by atoms with Crippen molar-refractivity contribution in [3.8, 4) is 0 Å². The van der Waals surface area contributed by atoms with Crippen molar-refractivity contribution >= 4 is 5.91 Å². The summed E-state index contributed by atoms with van der Waals surface area (Å²) in [6.07, 6.45) is 7.68. The molecule has 4 heteroatoms. The number of rotatable bonds is 4. The first kappa shape index (κ1) is 13.0. The third-order valence-corrected chi connectivity index (χ3v) is 3.38. The number of nitrogens with zero attached hydrogens (tertiary/aromatic N) is 1. The van der Waals surface area contributed by atoms with Crippen LogP contribution in [0.15, 0.2) is 18.3 Å². The Labute approximate surface area is 108 Å². The number of aromatic nitrogens is 1. The van der Waals surface area contributed by atoms with Gasteiger partial charge in [0.15, 0.2) is 0 Å². The number of carbonyl (C=O) groups excluding carboxylic acids is 1. The molecule has 4 nitrogen and oxygen atoms in total. The van der Waals surface area contributed by atoms with E-state index in [1.54, 1.807) is 12.3 Å². The van der Waals surface area contributed by atoms with E-state index in [4.69, 9.17) is 0 Å². The highest BCUT2D eigenvalue weighted by Crippen LogP contribution is 2.17. The first-order valence-electron chi connectivity index (χ1n) is 6.70. The first-order valence-corrected chi connectivity index (χ1v) is 6.70. The van der Waals surface area contributed by atoms with E-state index in [0.717, 1.165) is 18.5 Å². The SMILES string of the molecule is CNCc1cc(C(=O)NC2CCCCC2)ccn1. The van der Waals surface area contributed by atoms with E-state index in [2.05, 4.69) is 15.6 Å². The van der Waals surface area contributed by atoms with Crippen molar-refractivity contribution in [3.05, 3.63) is 29.6 Å². The second kappa shape index (κ2) is 6.50. The van der Waals surface area contributed by atoms with Crippen molar-refractivity contribution in [2.24, 2.45) is 0 Å². The van der Waals surface area contributed by atoms with Crippen LogP contribution in [0.5, 0.6) is 0 Å². The zero-order valence-corrected chi connectivity index (χ0v) is 10.9. The molecule has 1 aromatic rings. The van der Waals surface area contributed by atoms with Crippen LogP contribution in [0.4, 0.5) is 0 Å². The van der Waals surface area contributed by atoms with Crippen molar-refractivity contribution in [2.45, 2.75) is 44.7 Å². The van der Waals surface area contributed by atoms with Gasteiger partial charge in [-0.1, -0.05) is 19.3 Å². The van der Waals surface area contributed by atoms with Crippen LogP contribution in [0, 0.1) is 0 Å². The molecule has 98 valence electrons. The van der Waals surface area contributed by atoms with Crippen LogP contribution < -0.4 is 10.6 Å². The van der Waals surface area contributed by atoms with Crippen molar-refractivity contribution in [2.75, 3.05) is 7.05 Å². The lowest BCUT2D eigenvalue weighted by Gasteiger charge is -2.22. The molecule has 0 bridgehead atoms. The monoisotopic (exact) mass is 247 g/mol. The van der Waals surface area contributed by atoms with E-state index < -0.39 is 0 Å². The number of carbonyl (C=O) groups is 1. The molecule has 0 atom stereocenters. The molecule has 0 aromatic carbocycles. The minimum atomic E-state index is 0.0293. The van der Waals surface area contributed by atoms with Gasteiger partial charge in [0.2, 0.25) is 0 Å². The van der Waals surface area contributed by atoms with E-state index in [1.807, 2.05) is 13.1 Å². The summed E-state index contributed by atoms with van der Waals surface area (Å²) >= 11 is 0. The molecule has 18 heavy (non-hydrogen) atoms. The smallest absolute Gasteiger partial charge is 0.251 e. The normalized spacial score (nSPS) is 16.5. The van der Waals surface area contributed by atoms with Crippen LogP contribution in [0.25, 0.3) is 0 Å². The lowest BCUT2D eigenvalue weighted by molar-refractivity contribution is 0.0927. The third kappa shape index (κ3) is 3.53. The topological polar surface area (TPSA) is 54.0 Å². The molecule has 1 saturated carbocycles. The van der Waals surface area contributed by atoms with Gasteiger partial charge >= 0.3 is 0 Å². The van der Waals surface area contributed by atoms with E-state index in [-0.39, 0.29) is 5.91 Å². The molecule has 2 rings (SSSR count). The Hall–Kier alpha value is -1.42. The fraction of sp³-hybridized carbons (Fsp3) is 0.571. The number of amides is 1. The minimum absolute atomic E-state index is 0.0293. The van der Waals surface area contributed by atoms with E-state index in [0.29, 0.717) is 18.2 Å². The molecular weight excluding hydrogens is 226 g/mol. The Kier molecular flexibility index (Phi) is 4.70. The fourth-order valence-electron chi connectivity index (χ4n) is 2.41. The van der Waals surface area contributed by atoms with Gasteiger partial charge in [-0.3, -0.25) is 9.78 Å². The molecule has 1 aliphatic rings. The molecule has 1 aliphatic carbocycles. The highest BCUT2D eigenvalue weighted by molar-refractivity contribution is 5.94. The van der Waals surface area contributed by atoms with Gasteiger partial charge in [0, 0.05) is 24.3 Å². The standard InChI is InChI=1S/C14H21N3O/c1-15-10-13-9-11(7-8-16-13)14(18)17-12-5-3-2-4-6-12/h7-9,12,15H,2-6,10H2,1H3,(H,17,18). The second-order valence-corrected chi connectivity index (χ2v) is 4.87. The Morgan fingerprint density at radius 3 is 2.89 bits per heavy atom. The number of nitrogens with one attached hydrogen (secondary N) is 2. The Balaban J connectivity index is 1.96. The molecule has 1 heterocycles. The summed E-state index contributed by atoms with van der Waals surface area (Å²) in [5, 5.41) is 6.15. The maximum absolute atomic E-state index is 12.1. The van der Waals surface area contributed by atoms with Gasteiger partial charge in [-0.15, -0.1) is 0 Å². The van der Waals surface area contributed by atoms with Gasteiger partial charge in [-0.25, -0.2) is 0 Å². The Morgan fingerprint density at radius 1 is 1.39 bits per heavy atom. The van der Waals surface area contributed by atoms with Crippen LogP contribution in [-0.4, -0.2) is 24.0 Å². The Bertz CT molecular complexity index is 400. The summed E-state index contributed by atoms with van der Waals surface area (Å²) in [6, 6.07) is 3.98. The van der Waals surface area contributed by atoms with Gasteiger partial charge in [0.05, 0.1) is 5.69 Å². The third-order valence-electron chi connectivity index (χ3n) is 3.38. The highest BCUT2D eigenvalue weighted by Gasteiger charge is 2.16. The molecule has 0 radical (unpaired) electrons. The van der Waals surface area contributed by atoms with E-state index in [1.165, 1.54) is 19.3 Å². The zero-order valence-electron chi connectivity index (χ0n) is 10.9. The fourth-order valence-corrected chi connectivity index (χ4v) is 2.41. The van der Waals surface area contributed by atoms with E-state index in [9.17, 15) is 4.79 Å². The maximum atomic E-state index is 12.1. The summed E-state index contributed by atoms with van der Waals surface area (Å²) in [5.41, 5.74) is 1.61. The van der Waals surface area contributed by atoms with Crippen LogP contribution in [0.3, 0.4) is 0 Å². The van der Waals surface area contributed by atoms with Gasteiger partial charge in [-0.05, 0) is 32.0 Å². The number of hydrogen-bond donors (Lipinski definition) is 2. The first-order chi connectivity index (χ1) is 8.79. The highest BCUT2D eigenvalue weighted by atomic mass is 16.1. The van der Waals surface area contributed by atoms with Crippen molar-refractivity contribution in [3.63, 3.8) is 0 Å². The van der Waals surface area contributed by atoms with Gasteiger partial charge in [0.25, 0.3) is 5.91 Å². The molecule has 1 amide bonds. The number of pyridine rings is 1.